The third-order valence-electron chi connectivity index (χ3n) is 7.61. The molecule has 1 aromatic heterocycles. The van der Waals surface area contributed by atoms with Gasteiger partial charge in [-0.15, -0.1) is 0 Å². The van der Waals surface area contributed by atoms with Crippen molar-refractivity contribution >= 4 is 5.82 Å². The fraction of sp³-hybridized carbons (Fsp3) is 0.593. The minimum absolute atomic E-state index is 0.0277. The van der Waals surface area contributed by atoms with Gasteiger partial charge in [0.15, 0.2) is 0 Å². The van der Waals surface area contributed by atoms with Crippen LogP contribution in [0.2, 0.25) is 0 Å². The summed E-state index contributed by atoms with van der Waals surface area (Å²) in [5.74, 6) is 1.06. The van der Waals surface area contributed by atoms with Gasteiger partial charge in [-0.05, 0) is 65.8 Å². The third kappa shape index (κ3) is 4.85. The van der Waals surface area contributed by atoms with Gasteiger partial charge in [0.05, 0.1) is 12.3 Å². The molecule has 2 aromatic rings. The minimum atomic E-state index is -0.182. The van der Waals surface area contributed by atoms with Gasteiger partial charge in [-0.25, -0.2) is 4.98 Å². The topological polar surface area (TPSA) is 74.4 Å². The summed E-state index contributed by atoms with van der Waals surface area (Å²) in [6.45, 7) is 12.1. The lowest BCUT2D eigenvalue weighted by molar-refractivity contribution is 0.256. The summed E-state index contributed by atoms with van der Waals surface area (Å²) < 4.78 is 0. The number of nitrogens with zero attached hydrogens (tertiary/aromatic N) is 2. The molecule has 32 heavy (non-hydrogen) atoms. The molecule has 4 rings (SSSR count). The van der Waals surface area contributed by atoms with Crippen molar-refractivity contribution in [1.82, 2.24) is 10.3 Å². The van der Waals surface area contributed by atoms with E-state index in [0.717, 1.165) is 37.4 Å². The number of piperidine rings is 1. The Labute approximate surface area is 193 Å². The van der Waals surface area contributed by atoms with Crippen LogP contribution in [0.15, 0.2) is 36.4 Å². The van der Waals surface area contributed by atoms with Crippen LogP contribution >= 0.6 is 0 Å². The highest BCUT2D eigenvalue weighted by atomic mass is 16.3. The molecule has 2 aliphatic rings. The maximum atomic E-state index is 9.11. The highest BCUT2D eigenvalue weighted by molar-refractivity contribution is 5.65. The van der Waals surface area contributed by atoms with Gasteiger partial charge in [0, 0.05) is 37.3 Å². The molecule has 1 aliphatic carbocycles. The molecule has 5 heteroatoms. The summed E-state index contributed by atoms with van der Waals surface area (Å²) >= 11 is 0. The molecule has 1 saturated heterocycles. The Hall–Kier alpha value is -1.95. The molecular weight excluding hydrogens is 396 g/mol. The zero-order chi connectivity index (χ0) is 22.9. The van der Waals surface area contributed by atoms with Gasteiger partial charge in [0.25, 0.3) is 0 Å². The van der Waals surface area contributed by atoms with Crippen molar-refractivity contribution in [1.29, 1.82) is 0 Å². The SMILES string of the molecule is CC1(C)CCC(C)(C)c2cc(-c3cccc(N4CCC(NCC(N)CO)CC4)n3)ccc21. The molecule has 1 fully saturated rings. The maximum absolute atomic E-state index is 9.11. The van der Waals surface area contributed by atoms with E-state index in [-0.39, 0.29) is 23.5 Å². The van der Waals surface area contributed by atoms with E-state index in [9.17, 15) is 0 Å². The van der Waals surface area contributed by atoms with Crippen LogP contribution in [0.4, 0.5) is 5.82 Å². The average molecular weight is 437 g/mol. The third-order valence-corrected chi connectivity index (χ3v) is 7.61. The Morgan fingerprint density at radius 1 is 1.06 bits per heavy atom. The van der Waals surface area contributed by atoms with Crippen LogP contribution in [-0.2, 0) is 10.8 Å². The van der Waals surface area contributed by atoms with E-state index in [4.69, 9.17) is 15.8 Å². The number of hydrogen-bond acceptors (Lipinski definition) is 5. The molecule has 1 aromatic carbocycles. The molecule has 174 valence electrons. The summed E-state index contributed by atoms with van der Waals surface area (Å²) in [6, 6.07) is 13.7. The largest absolute Gasteiger partial charge is 0.395 e. The van der Waals surface area contributed by atoms with Crippen LogP contribution in [-0.4, -0.2) is 48.4 Å². The van der Waals surface area contributed by atoms with Crippen molar-refractivity contribution in [2.75, 3.05) is 31.1 Å². The van der Waals surface area contributed by atoms with E-state index in [1.807, 2.05) is 0 Å². The second kappa shape index (κ2) is 9.12. The summed E-state index contributed by atoms with van der Waals surface area (Å²) in [5, 5.41) is 12.6. The smallest absolute Gasteiger partial charge is 0.129 e. The van der Waals surface area contributed by atoms with Gasteiger partial charge in [0.1, 0.15) is 5.82 Å². The van der Waals surface area contributed by atoms with E-state index in [2.05, 4.69) is 74.3 Å². The van der Waals surface area contributed by atoms with Crippen molar-refractivity contribution in [2.24, 2.45) is 5.73 Å². The standard InChI is InChI=1S/C27H40N4O/c1-26(2)12-13-27(3,4)23-16-19(8-9-22(23)26)24-6-5-7-25(30-24)31-14-10-21(11-15-31)29-17-20(28)18-32/h5-9,16,20-21,29,32H,10-15,17-18,28H2,1-4H3. The second-order valence-electron chi connectivity index (χ2n) is 11.0. The van der Waals surface area contributed by atoms with Crippen LogP contribution in [0.5, 0.6) is 0 Å². The van der Waals surface area contributed by atoms with Gasteiger partial charge < -0.3 is 21.1 Å². The van der Waals surface area contributed by atoms with Crippen LogP contribution in [0.25, 0.3) is 11.3 Å². The van der Waals surface area contributed by atoms with Crippen LogP contribution in [0, 0.1) is 0 Å². The molecular formula is C27H40N4O. The van der Waals surface area contributed by atoms with E-state index < -0.39 is 0 Å². The number of aromatic nitrogens is 1. The average Bonchev–Trinajstić information content (AvgIpc) is 2.81. The lowest BCUT2D eigenvalue weighted by Crippen LogP contribution is -2.47. The van der Waals surface area contributed by atoms with E-state index in [0.29, 0.717) is 12.6 Å². The summed E-state index contributed by atoms with van der Waals surface area (Å²) in [7, 11) is 0. The van der Waals surface area contributed by atoms with E-state index in [1.54, 1.807) is 0 Å². The first kappa shape index (κ1) is 23.2. The lowest BCUT2D eigenvalue weighted by Gasteiger charge is -2.42. The first-order valence-electron chi connectivity index (χ1n) is 12.2. The van der Waals surface area contributed by atoms with Crippen molar-refractivity contribution in [3.63, 3.8) is 0 Å². The fourth-order valence-corrected chi connectivity index (χ4v) is 5.20. The van der Waals surface area contributed by atoms with Crippen LogP contribution in [0.3, 0.4) is 0 Å². The van der Waals surface area contributed by atoms with E-state index in [1.165, 1.54) is 29.5 Å². The molecule has 1 aliphatic heterocycles. The Kier molecular flexibility index (Phi) is 6.62. The lowest BCUT2D eigenvalue weighted by atomic mass is 9.63. The predicted molar refractivity (Wildman–Crippen MR) is 133 cm³/mol. The quantitative estimate of drug-likeness (QED) is 0.639. The van der Waals surface area contributed by atoms with Gasteiger partial charge >= 0.3 is 0 Å². The number of rotatable bonds is 6. The van der Waals surface area contributed by atoms with E-state index >= 15 is 0 Å². The predicted octanol–water partition coefficient (Wildman–Crippen LogP) is 3.98. The van der Waals surface area contributed by atoms with Gasteiger partial charge in [-0.3, -0.25) is 0 Å². The number of nitrogens with two attached hydrogens (primary N) is 1. The molecule has 4 N–H and O–H groups in total. The number of aliphatic hydroxyl groups is 1. The summed E-state index contributed by atoms with van der Waals surface area (Å²) in [4.78, 5) is 7.45. The summed E-state index contributed by atoms with van der Waals surface area (Å²) in [5.41, 5.74) is 11.5. The van der Waals surface area contributed by atoms with Gasteiger partial charge in [-0.2, -0.15) is 0 Å². The van der Waals surface area contributed by atoms with Crippen molar-refractivity contribution < 1.29 is 5.11 Å². The monoisotopic (exact) mass is 436 g/mol. The second-order valence-corrected chi connectivity index (χ2v) is 11.0. The van der Waals surface area contributed by atoms with Crippen LogP contribution < -0.4 is 16.0 Å². The van der Waals surface area contributed by atoms with Crippen molar-refractivity contribution in [3.8, 4) is 11.3 Å². The molecule has 5 nitrogen and oxygen atoms in total. The molecule has 0 saturated carbocycles. The molecule has 1 unspecified atom stereocenters. The molecule has 0 amide bonds. The Morgan fingerprint density at radius 3 is 2.44 bits per heavy atom. The van der Waals surface area contributed by atoms with Gasteiger partial charge in [0.2, 0.25) is 0 Å². The number of benzene rings is 1. The number of fused-ring (bicyclic) bond motifs is 1. The molecule has 2 heterocycles. The Bertz CT molecular complexity index is 931. The first-order chi connectivity index (χ1) is 15.2. The zero-order valence-corrected chi connectivity index (χ0v) is 20.2. The number of anilines is 1. The first-order valence-corrected chi connectivity index (χ1v) is 12.2. The Morgan fingerprint density at radius 2 is 1.75 bits per heavy atom. The zero-order valence-electron chi connectivity index (χ0n) is 20.2. The fourth-order valence-electron chi connectivity index (χ4n) is 5.20. The number of hydrogen-bond donors (Lipinski definition) is 3. The van der Waals surface area contributed by atoms with Crippen molar-refractivity contribution in [3.05, 3.63) is 47.5 Å². The summed E-state index contributed by atoms with van der Waals surface area (Å²) in [6.07, 6.45) is 4.57. The Balaban J connectivity index is 1.50. The molecule has 0 spiro atoms. The normalized spacial score (nSPS) is 21.2. The number of pyridine rings is 1. The van der Waals surface area contributed by atoms with Gasteiger partial charge in [-0.1, -0.05) is 45.9 Å². The highest BCUT2D eigenvalue weighted by Gasteiger charge is 2.37. The number of nitrogens with one attached hydrogen (secondary N) is 1. The van der Waals surface area contributed by atoms with Crippen LogP contribution in [0.1, 0.15) is 64.5 Å². The van der Waals surface area contributed by atoms with Crippen molar-refractivity contribution in [2.45, 2.75) is 76.3 Å². The maximum Gasteiger partial charge on any atom is 0.129 e. The molecule has 0 bridgehead atoms. The molecule has 1 atom stereocenters. The minimum Gasteiger partial charge on any atom is -0.395 e. The highest BCUT2D eigenvalue weighted by Crippen LogP contribution is 2.46. The number of aliphatic hydroxyl groups excluding tert-OH is 1. The molecule has 0 radical (unpaired) electrons.